The minimum Gasteiger partial charge on any atom is -0.389 e. The molecule has 0 aromatic heterocycles. The Kier molecular flexibility index (Phi) is 1.89. The number of aliphatic hydroxyl groups is 1. The zero-order valence-electron chi connectivity index (χ0n) is 7.38. The predicted octanol–water partition coefficient (Wildman–Crippen LogP) is 2.23. The van der Waals surface area contributed by atoms with E-state index < -0.39 is 0 Å². The van der Waals surface area contributed by atoms with E-state index in [1.54, 1.807) is 0 Å². The van der Waals surface area contributed by atoms with E-state index in [0.717, 1.165) is 5.56 Å². The molecule has 1 aliphatic rings. The summed E-state index contributed by atoms with van der Waals surface area (Å²) >= 11 is 0. The zero-order valence-corrected chi connectivity index (χ0v) is 7.38. The molecule has 0 heterocycles. The van der Waals surface area contributed by atoms with Gasteiger partial charge in [-0.15, -0.1) is 0 Å². The van der Waals surface area contributed by atoms with Crippen LogP contribution in [0.15, 0.2) is 18.2 Å². The molecule has 12 heavy (non-hydrogen) atoms. The van der Waals surface area contributed by atoms with Gasteiger partial charge in [0.15, 0.2) is 0 Å². The van der Waals surface area contributed by atoms with Crippen LogP contribution in [0.2, 0.25) is 0 Å². The Morgan fingerprint density at radius 2 is 2.00 bits per heavy atom. The van der Waals surface area contributed by atoms with Gasteiger partial charge < -0.3 is 5.11 Å². The first kappa shape index (κ1) is 7.81. The van der Waals surface area contributed by atoms with E-state index in [9.17, 15) is 5.11 Å². The van der Waals surface area contributed by atoms with Gasteiger partial charge in [-0.25, -0.2) is 0 Å². The van der Waals surface area contributed by atoms with Crippen LogP contribution in [0.1, 0.15) is 36.1 Å². The van der Waals surface area contributed by atoms with Gasteiger partial charge in [0.05, 0.1) is 6.10 Å². The highest BCUT2D eigenvalue weighted by Crippen LogP contribution is 2.24. The highest BCUT2D eigenvalue weighted by atomic mass is 16.3. The summed E-state index contributed by atoms with van der Waals surface area (Å²) < 4.78 is 0. The Morgan fingerprint density at radius 1 is 1.25 bits per heavy atom. The molecule has 0 saturated heterocycles. The summed E-state index contributed by atoms with van der Waals surface area (Å²) in [6.07, 6.45) is 3.36. The standard InChI is InChI=1S/C11H14O/c1-8(12)10-6-5-9-3-2-4-11(9)7-10/h5-8,12H,2-4H2,1H3/t8-/m0/s1. The average molecular weight is 162 g/mol. The van der Waals surface area contributed by atoms with E-state index in [1.807, 2.05) is 13.0 Å². The lowest BCUT2D eigenvalue weighted by Crippen LogP contribution is -1.92. The van der Waals surface area contributed by atoms with Crippen molar-refractivity contribution < 1.29 is 5.11 Å². The molecule has 1 N–H and O–H groups in total. The Bertz CT molecular complexity index is 289. The predicted molar refractivity (Wildman–Crippen MR) is 49.1 cm³/mol. The molecule has 0 radical (unpaired) electrons. The van der Waals surface area contributed by atoms with E-state index in [2.05, 4.69) is 12.1 Å². The molecule has 0 amide bonds. The van der Waals surface area contributed by atoms with E-state index in [-0.39, 0.29) is 6.10 Å². The Labute approximate surface area is 73.0 Å². The second-order valence-electron chi connectivity index (χ2n) is 3.56. The van der Waals surface area contributed by atoms with Gasteiger partial charge >= 0.3 is 0 Å². The normalized spacial score (nSPS) is 17.5. The van der Waals surface area contributed by atoms with Crippen LogP contribution in [0.4, 0.5) is 0 Å². The third kappa shape index (κ3) is 1.25. The van der Waals surface area contributed by atoms with Crippen LogP contribution in [-0.2, 0) is 12.8 Å². The molecule has 0 spiro atoms. The number of aryl methyl sites for hydroxylation is 2. The van der Waals surface area contributed by atoms with Gasteiger partial charge in [0, 0.05) is 0 Å². The van der Waals surface area contributed by atoms with Crippen molar-refractivity contribution in [2.45, 2.75) is 32.3 Å². The van der Waals surface area contributed by atoms with Crippen molar-refractivity contribution in [2.24, 2.45) is 0 Å². The summed E-state index contributed by atoms with van der Waals surface area (Å²) in [6, 6.07) is 6.34. The summed E-state index contributed by atoms with van der Waals surface area (Å²) in [6.45, 7) is 1.82. The number of hydrogen-bond acceptors (Lipinski definition) is 1. The first-order chi connectivity index (χ1) is 5.77. The molecule has 1 heteroatoms. The van der Waals surface area contributed by atoms with Crippen LogP contribution < -0.4 is 0 Å². The SMILES string of the molecule is C[C@H](O)c1ccc2c(c1)CCC2. The van der Waals surface area contributed by atoms with Crippen molar-refractivity contribution in [1.29, 1.82) is 0 Å². The zero-order chi connectivity index (χ0) is 8.55. The first-order valence-electron chi connectivity index (χ1n) is 4.57. The van der Waals surface area contributed by atoms with Crippen molar-refractivity contribution in [1.82, 2.24) is 0 Å². The minimum absolute atomic E-state index is 0.323. The van der Waals surface area contributed by atoms with Gasteiger partial charge in [-0.05, 0) is 42.9 Å². The van der Waals surface area contributed by atoms with E-state index in [1.165, 1.54) is 30.4 Å². The van der Waals surface area contributed by atoms with Gasteiger partial charge in [0.1, 0.15) is 0 Å². The van der Waals surface area contributed by atoms with Gasteiger partial charge in [-0.3, -0.25) is 0 Å². The summed E-state index contributed by atoms with van der Waals surface area (Å²) in [5, 5.41) is 9.35. The largest absolute Gasteiger partial charge is 0.389 e. The molecule has 1 aromatic carbocycles. The van der Waals surface area contributed by atoms with Crippen LogP contribution in [0.3, 0.4) is 0 Å². The third-order valence-electron chi connectivity index (χ3n) is 2.60. The van der Waals surface area contributed by atoms with Crippen LogP contribution >= 0.6 is 0 Å². The smallest absolute Gasteiger partial charge is 0.0762 e. The fourth-order valence-corrected chi connectivity index (χ4v) is 1.85. The molecule has 1 aromatic rings. The molecular formula is C11H14O. The lowest BCUT2D eigenvalue weighted by atomic mass is 10.0. The van der Waals surface area contributed by atoms with E-state index >= 15 is 0 Å². The number of benzene rings is 1. The average Bonchev–Trinajstić information content (AvgIpc) is 2.49. The van der Waals surface area contributed by atoms with Crippen molar-refractivity contribution in [2.75, 3.05) is 0 Å². The summed E-state index contributed by atoms with van der Waals surface area (Å²) in [5.74, 6) is 0. The van der Waals surface area contributed by atoms with Crippen LogP contribution in [-0.4, -0.2) is 5.11 Å². The summed E-state index contributed by atoms with van der Waals surface area (Å²) in [5.41, 5.74) is 3.96. The van der Waals surface area contributed by atoms with Crippen LogP contribution in [0.25, 0.3) is 0 Å². The molecule has 2 rings (SSSR count). The van der Waals surface area contributed by atoms with Crippen LogP contribution in [0, 0.1) is 0 Å². The second-order valence-corrected chi connectivity index (χ2v) is 3.56. The lowest BCUT2D eigenvalue weighted by Gasteiger charge is -2.06. The fourth-order valence-electron chi connectivity index (χ4n) is 1.85. The Morgan fingerprint density at radius 3 is 2.75 bits per heavy atom. The molecule has 0 fully saturated rings. The topological polar surface area (TPSA) is 20.2 Å². The van der Waals surface area contributed by atoms with E-state index in [4.69, 9.17) is 0 Å². The fraction of sp³-hybridized carbons (Fsp3) is 0.455. The first-order valence-corrected chi connectivity index (χ1v) is 4.57. The minimum atomic E-state index is -0.323. The molecule has 64 valence electrons. The lowest BCUT2D eigenvalue weighted by molar-refractivity contribution is 0.199. The van der Waals surface area contributed by atoms with Gasteiger partial charge in [0.25, 0.3) is 0 Å². The Balaban J connectivity index is 2.39. The maximum absolute atomic E-state index is 9.35. The van der Waals surface area contributed by atoms with Gasteiger partial charge in [0.2, 0.25) is 0 Å². The van der Waals surface area contributed by atoms with E-state index in [0.29, 0.717) is 0 Å². The number of rotatable bonds is 1. The molecule has 0 saturated carbocycles. The quantitative estimate of drug-likeness (QED) is 0.671. The summed E-state index contributed by atoms with van der Waals surface area (Å²) in [7, 11) is 0. The molecule has 0 aliphatic heterocycles. The highest BCUT2D eigenvalue weighted by molar-refractivity contribution is 5.35. The maximum atomic E-state index is 9.35. The molecule has 0 bridgehead atoms. The van der Waals surface area contributed by atoms with Crippen LogP contribution in [0.5, 0.6) is 0 Å². The number of hydrogen-bond donors (Lipinski definition) is 1. The molecule has 1 nitrogen and oxygen atoms in total. The number of fused-ring (bicyclic) bond motifs is 1. The highest BCUT2D eigenvalue weighted by Gasteiger charge is 2.11. The second kappa shape index (κ2) is 2.91. The molecule has 1 aliphatic carbocycles. The maximum Gasteiger partial charge on any atom is 0.0762 e. The molecular weight excluding hydrogens is 148 g/mol. The molecule has 1 atom stereocenters. The van der Waals surface area contributed by atoms with Gasteiger partial charge in [-0.1, -0.05) is 18.2 Å². The van der Waals surface area contributed by atoms with Crippen molar-refractivity contribution in [3.63, 3.8) is 0 Å². The molecule has 0 unspecified atom stereocenters. The van der Waals surface area contributed by atoms with Crippen molar-refractivity contribution >= 4 is 0 Å². The number of aliphatic hydroxyl groups excluding tert-OH is 1. The van der Waals surface area contributed by atoms with Crippen molar-refractivity contribution in [3.05, 3.63) is 34.9 Å². The van der Waals surface area contributed by atoms with Crippen molar-refractivity contribution in [3.8, 4) is 0 Å². The third-order valence-corrected chi connectivity index (χ3v) is 2.60. The Hall–Kier alpha value is -0.820. The summed E-state index contributed by atoms with van der Waals surface area (Å²) in [4.78, 5) is 0. The monoisotopic (exact) mass is 162 g/mol. The van der Waals surface area contributed by atoms with Gasteiger partial charge in [-0.2, -0.15) is 0 Å².